The Morgan fingerprint density at radius 1 is 1.00 bits per heavy atom. The Morgan fingerprint density at radius 2 is 1.78 bits per heavy atom. The van der Waals surface area contributed by atoms with Crippen molar-refractivity contribution in [2.45, 2.75) is 31.8 Å². The maximum Gasteiger partial charge on any atom is 0.253 e. The third kappa shape index (κ3) is 5.11. The molecule has 0 aromatic heterocycles. The summed E-state index contributed by atoms with van der Waals surface area (Å²) in [4.78, 5) is 29.7. The Balaban J connectivity index is 1.10. The molecule has 1 saturated heterocycles. The molecule has 2 aliphatic heterocycles. The largest absolute Gasteiger partial charge is 0.493 e. The SMILES string of the molecule is O=C(CN1CCN(Cc2ccc3c(c2)CCO3)CC1)Nc1ccccc1C(=O)NC1CC1. The maximum absolute atomic E-state index is 12.7. The zero-order valence-electron chi connectivity index (χ0n) is 18.3. The number of ether oxygens (including phenoxy) is 1. The summed E-state index contributed by atoms with van der Waals surface area (Å²) in [6.45, 7) is 5.62. The molecule has 0 radical (unpaired) electrons. The lowest BCUT2D eigenvalue weighted by Crippen LogP contribution is -2.48. The summed E-state index contributed by atoms with van der Waals surface area (Å²) in [5.41, 5.74) is 3.73. The van der Waals surface area contributed by atoms with E-state index in [1.807, 2.05) is 12.1 Å². The van der Waals surface area contributed by atoms with Crippen LogP contribution in [0.4, 0.5) is 5.69 Å². The van der Waals surface area contributed by atoms with Crippen LogP contribution in [0.3, 0.4) is 0 Å². The molecule has 2 aromatic rings. The number of carbonyl (C=O) groups excluding carboxylic acids is 2. The smallest absolute Gasteiger partial charge is 0.253 e. The van der Waals surface area contributed by atoms with Gasteiger partial charge in [-0.25, -0.2) is 0 Å². The first kappa shape index (κ1) is 21.0. The highest BCUT2D eigenvalue weighted by molar-refractivity contribution is 6.04. The summed E-state index contributed by atoms with van der Waals surface area (Å²) in [5, 5.41) is 5.93. The van der Waals surface area contributed by atoms with Crippen LogP contribution in [0.1, 0.15) is 34.3 Å². The number of benzene rings is 2. The normalized spacial score (nSPS) is 18.6. The standard InChI is InChI=1S/C25H30N4O3/c30-24(27-22-4-2-1-3-21(22)25(31)26-20-6-7-20)17-29-12-10-28(11-13-29)16-18-5-8-23-19(15-18)9-14-32-23/h1-5,8,15,20H,6-7,9-14,16-17H2,(H,26,31)(H,27,30). The van der Waals surface area contributed by atoms with Crippen molar-refractivity contribution in [1.82, 2.24) is 15.1 Å². The van der Waals surface area contributed by atoms with Gasteiger partial charge in [0.05, 0.1) is 24.4 Å². The molecule has 2 heterocycles. The quantitative estimate of drug-likeness (QED) is 0.700. The molecule has 7 heteroatoms. The van der Waals surface area contributed by atoms with E-state index in [9.17, 15) is 9.59 Å². The fourth-order valence-electron chi connectivity index (χ4n) is 4.38. The highest BCUT2D eigenvalue weighted by Gasteiger charge is 2.25. The molecule has 1 saturated carbocycles. The van der Waals surface area contributed by atoms with Gasteiger partial charge in [0, 0.05) is 45.2 Å². The molecular weight excluding hydrogens is 404 g/mol. The third-order valence-corrected chi connectivity index (χ3v) is 6.35. The molecule has 2 fully saturated rings. The van der Waals surface area contributed by atoms with Crippen LogP contribution in [0, 0.1) is 0 Å². The molecule has 168 valence electrons. The van der Waals surface area contributed by atoms with Crippen molar-refractivity contribution >= 4 is 17.5 Å². The summed E-state index contributed by atoms with van der Waals surface area (Å²) in [6.07, 6.45) is 3.07. The first-order valence-electron chi connectivity index (χ1n) is 11.5. The van der Waals surface area contributed by atoms with Crippen LogP contribution in [0.25, 0.3) is 0 Å². The van der Waals surface area contributed by atoms with Gasteiger partial charge in [0.15, 0.2) is 0 Å². The minimum Gasteiger partial charge on any atom is -0.493 e. The molecule has 0 spiro atoms. The molecule has 32 heavy (non-hydrogen) atoms. The Kier molecular flexibility index (Phi) is 6.10. The van der Waals surface area contributed by atoms with Gasteiger partial charge in [0.2, 0.25) is 5.91 Å². The average Bonchev–Trinajstić information content (AvgIpc) is 3.48. The Bertz CT molecular complexity index is 996. The lowest BCUT2D eigenvalue weighted by molar-refractivity contribution is -0.117. The van der Waals surface area contributed by atoms with Crippen molar-refractivity contribution in [2.75, 3.05) is 44.6 Å². The molecule has 2 amide bonds. The van der Waals surface area contributed by atoms with Crippen molar-refractivity contribution in [3.8, 4) is 5.75 Å². The average molecular weight is 435 g/mol. The number of rotatable bonds is 7. The lowest BCUT2D eigenvalue weighted by atomic mass is 10.1. The van der Waals surface area contributed by atoms with Gasteiger partial charge in [0.25, 0.3) is 5.91 Å². The summed E-state index contributed by atoms with van der Waals surface area (Å²) in [5.74, 6) is 0.829. The summed E-state index contributed by atoms with van der Waals surface area (Å²) < 4.78 is 5.60. The van der Waals surface area contributed by atoms with E-state index in [1.54, 1.807) is 12.1 Å². The van der Waals surface area contributed by atoms with Gasteiger partial charge in [-0.1, -0.05) is 24.3 Å². The second-order valence-corrected chi connectivity index (χ2v) is 8.93. The molecule has 5 rings (SSSR count). The zero-order chi connectivity index (χ0) is 21.9. The fourth-order valence-corrected chi connectivity index (χ4v) is 4.38. The monoisotopic (exact) mass is 434 g/mol. The number of fused-ring (bicyclic) bond motifs is 1. The number of carbonyl (C=O) groups is 2. The zero-order valence-corrected chi connectivity index (χ0v) is 18.3. The lowest BCUT2D eigenvalue weighted by Gasteiger charge is -2.34. The number of nitrogens with zero attached hydrogens (tertiary/aromatic N) is 2. The van der Waals surface area contributed by atoms with Crippen LogP contribution in [0.15, 0.2) is 42.5 Å². The Hall–Kier alpha value is -2.90. The number of hydrogen-bond donors (Lipinski definition) is 2. The number of anilines is 1. The molecule has 7 nitrogen and oxygen atoms in total. The van der Waals surface area contributed by atoms with E-state index in [4.69, 9.17) is 4.74 Å². The topological polar surface area (TPSA) is 73.9 Å². The second kappa shape index (κ2) is 9.30. The van der Waals surface area contributed by atoms with Gasteiger partial charge < -0.3 is 15.4 Å². The van der Waals surface area contributed by atoms with Crippen LogP contribution >= 0.6 is 0 Å². The number of nitrogens with one attached hydrogen (secondary N) is 2. The van der Waals surface area contributed by atoms with E-state index in [2.05, 4.69) is 38.6 Å². The third-order valence-electron chi connectivity index (χ3n) is 6.35. The number of piperazine rings is 1. The molecule has 2 N–H and O–H groups in total. The first-order chi connectivity index (χ1) is 15.6. The molecular formula is C25H30N4O3. The van der Waals surface area contributed by atoms with Crippen molar-refractivity contribution in [3.63, 3.8) is 0 Å². The first-order valence-corrected chi connectivity index (χ1v) is 11.5. The predicted octanol–water partition coefficient (Wildman–Crippen LogP) is 2.27. The Labute approximate surface area is 188 Å². The van der Waals surface area contributed by atoms with Crippen LogP contribution in [-0.2, 0) is 17.8 Å². The molecule has 0 bridgehead atoms. The van der Waals surface area contributed by atoms with Gasteiger partial charge in [-0.3, -0.25) is 19.4 Å². The molecule has 1 aliphatic carbocycles. The van der Waals surface area contributed by atoms with E-state index in [0.29, 0.717) is 17.8 Å². The second-order valence-electron chi connectivity index (χ2n) is 8.93. The van der Waals surface area contributed by atoms with E-state index in [0.717, 1.165) is 64.3 Å². The van der Waals surface area contributed by atoms with Crippen molar-refractivity contribution in [1.29, 1.82) is 0 Å². The van der Waals surface area contributed by atoms with E-state index < -0.39 is 0 Å². The maximum atomic E-state index is 12.7. The van der Waals surface area contributed by atoms with Crippen LogP contribution < -0.4 is 15.4 Å². The molecule has 3 aliphatic rings. The van der Waals surface area contributed by atoms with Crippen LogP contribution in [0.5, 0.6) is 5.75 Å². The van der Waals surface area contributed by atoms with Crippen molar-refractivity contribution in [3.05, 3.63) is 59.2 Å². The van der Waals surface area contributed by atoms with Gasteiger partial charge in [-0.15, -0.1) is 0 Å². The van der Waals surface area contributed by atoms with Gasteiger partial charge in [-0.2, -0.15) is 0 Å². The number of para-hydroxylation sites is 1. The minimum absolute atomic E-state index is 0.0799. The summed E-state index contributed by atoms with van der Waals surface area (Å²) in [7, 11) is 0. The van der Waals surface area contributed by atoms with Crippen LogP contribution in [-0.4, -0.2) is 67.0 Å². The minimum atomic E-state index is -0.116. The highest BCUT2D eigenvalue weighted by atomic mass is 16.5. The molecule has 0 atom stereocenters. The van der Waals surface area contributed by atoms with Gasteiger partial charge in [-0.05, 0) is 42.2 Å². The Morgan fingerprint density at radius 3 is 2.59 bits per heavy atom. The van der Waals surface area contributed by atoms with Crippen molar-refractivity contribution in [2.24, 2.45) is 0 Å². The summed E-state index contributed by atoms with van der Waals surface area (Å²) in [6, 6.07) is 14.0. The van der Waals surface area contributed by atoms with E-state index in [-0.39, 0.29) is 17.9 Å². The van der Waals surface area contributed by atoms with Gasteiger partial charge in [0.1, 0.15) is 5.75 Å². The van der Waals surface area contributed by atoms with Gasteiger partial charge >= 0.3 is 0 Å². The summed E-state index contributed by atoms with van der Waals surface area (Å²) >= 11 is 0. The number of hydrogen-bond acceptors (Lipinski definition) is 5. The van der Waals surface area contributed by atoms with Crippen LogP contribution in [0.2, 0.25) is 0 Å². The molecule has 2 aromatic carbocycles. The molecule has 0 unspecified atom stereocenters. The van der Waals surface area contributed by atoms with Crippen molar-refractivity contribution < 1.29 is 14.3 Å². The number of amides is 2. The van der Waals surface area contributed by atoms with E-state index >= 15 is 0 Å². The van der Waals surface area contributed by atoms with E-state index in [1.165, 1.54) is 11.1 Å². The fraction of sp³-hybridized carbons (Fsp3) is 0.440. The predicted molar refractivity (Wildman–Crippen MR) is 123 cm³/mol. The highest BCUT2D eigenvalue weighted by Crippen LogP contribution is 2.26.